The molecule has 8 heteroatoms. The Kier molecular flexibility index (Phi) is 3.90. The minimum Gasteiger partial charge on any atom is -0.236 e. The topological polar surface area (TPSA) is 12.9 Å². The first-order chi connectivity index (χ1) is 6.73. The predicted molar refractivity (Wildman–Crippen MR) is 54.6 cm³/mol. The molecule has 0 saturated carbocycles. The maximum atomic E-state index is 12.3. The molecule has 84 valence electrons. The number of hydrogen-bond donors (Lipinski definition) is 0. The van der Waals surface area contributed by atoms with Crippen LogP contribution in [0, 0.1) is 3.70 Å². The number of halogens is 7. The van der Waals surface area contributed by atoms with Gasteiger partial charge in [0.25, 0.3) is 6.43 Å². The van der Waals surface area contributed by atoms with Crippen LogP contribution in [0.2, 0.25) is 0 Å². The van der Waals surface area contributed by atoms with Crippen LogP contribution in [0.4, 0.5) is 22.0 Å². The van der Waals surface area contributed by atoms with Gasteiger partial charge in [-0.2, -0.15) is 13.2 Å². The Hall–Kier alpha value is 0.01000. The number of rotatable bonds is 1. The van der Waals surface area contributed by atoms with E-state index in [0.29, 0.717) is 0 Å². The summed E-state index contributed by atoms with van der Waals surface area (Å²) >= 11 is 4.37. The summed E-state index contributed by atoms with van der Waals surface area (Å²) in [7, 11) is 0. The lowest BCUT2D eigenvalue weighted by molar-refractivity contribution is -0.143. The molecular weight excluding hydrogens is 400 g/mol. The maximum Gasteiger partial charge on any atom is 0.433 e. The van der Waals surface area contributed by atoms with Crippen molar-refractivity contribution >= 4 is 38.5 Å². The van der Waals surface area contributed by atoms with Crippen molar-refractivity contribution in [2.24, 2.45) is 0 Å². The van der Waals surface area contributed by atoms with Crippen molar-refractivity contribution in [1.82, 2.24) is 4.98 Å². The van der Waals surface area contributed by atoms with Gasteiger partial charge in [0.1, 0.15) is 3.70 Å². The van der Waals surface area contributed by atoms with Crippen LogP contribution in [-0.2, 0) is 6.18 Å². The van der Waals surface area contributed by atoms with Crippen LogP contribution in [0.5, 0.6) is 0 Å². The van der Waals surface area contributed by atoms with E-state index < -0.39 is 23.9 Å². The van der Waals surface area contributed by atoms with Crippen LogP contribution in [0.15, 0.2) is 10.5 Å². The Morgan fingerprint density at radius 1 is 1.33 bits per heavy atom. The molecule has 1 aromatic rings. The highest BCUT2D eigenvalue weighted by Gasteiger charge is 2.38. The number of aromatic nitrogens is 1. The highest BCUT2D eigenvalue weighted by Crippen LogP contribution is 2.37. The fourth-order valence-corrected chi connectivity index (χ4v) is 1.61. The lowest BCUT2D eigenvalue weighted by Crippen LogP contribution is -2.13. The van der Waals surface area contributed by atoms with E-state index in [2.05, 4.69) is 20.9 Å². The fourth-order valence-electron chi connectivity index (χ4n) is 0.874. The first-order valence-corrected chi connectivity index (χ1v) is 5.32. The summed E-state index contributed by atoms with van der Waals surface area (Å²) in [5, 5.41) is 0. The maximum absolute atomic E-state index is 12.3. The summed E-state index contributed by atoms with van der Waals surface area (Å²) in [6.07, 6.45) is -8.07. The Morgan fingerprint density at radius 3 is 2.27 bits per heavy atom. The molecule has 0 aliphatic carbocycles. The van der Waals surface area contributed by atoms with Crippen molar-refractivity contribution in [3.8, 4) is 0 Å². The molecule has 0 bridgehead atoms. The van der Waals surface area contributed by atoms with Crippen LogP contribution in [-0.4, -0.2) is 4.98 Å². The molecule has 0 radical (unpaired) electrons. The van der Waals surface area contributed by atoms with Crippen LogP contribution in [0.25, 0.3) is 0 Å². The van der Waals surface area contributed by atoms with Gasteiger partial charge in [0.15, 0.2) is 5.69 Å². The van der Waals surface area contributed by atoms with Crippen LogP contribution >= 0.6 is 38.5 Å². The summed E-state index contributed by atoms with van der Waals surface area (Å²) in [4.78, 5) is 3.10. The molecule has 0 fully saturated rings. The van der Waals surface area contributed by atoms with Crippen molar-refractivity contribution in [2.75, 3.05) is 0 Å². The van der Waals surface area contributed by atoms with Gasteiger partial charge in [-0.3, -0.25) is 0 Å². The van der Waals surface area contributed by atoms with Gasteiger partial charge in [-0.25, -0.2) is 13.8 Å². The SMILES string of the molecule is FC(F)c1cc(Br)c(I)nc1C(F)(F)F. The summed E-state index contributed by atoms with van der Waals surface area (Å²) in [6.45, 7) is 0. The van der Waals surface area contributed by atoms with Gasteiger partial charge in [-0.05, 0) is 44.6 Å². The molecule has 0 aromatic carbocycles. The summed E-state index contributed by atoms with van der Waals surface area (Å²) < 4.78 is 61.6. The quantitative estimate of drug-likeness (QED) is 0.386. The van der Waals surface area contributed by atoms with E-state index in [1.807, 2.05) is 0 Å². The zero-order valence-corrected chi connectivity index (χ0v) is 10.5. The van der Waals surface area contributed by atoms with Crippen molar-refractivity contribution in [3.05, 3.63) is 25.5 Å². The summed E-state index contributed by atoms with van der Waals surface area (Å²) in [5.74, 6) is 0. The summed E-state index contributed by atoms with van der Waals surface area (Å²) in [5.41, 5.74) is -2.65. The molecule has 0 spiro atoms. The van der Waals surface area contributed by atoms with Crippen LogP contribution in [0.3, 0.4) is 0 Å². The molecule has 0 N–H and O–H groups in total. The largest absolute Gasteiger partial charge is 0.433 e. The molecule has 0 unspecified atom stereocenters. The molecule has 0 amide bonds. The summed E-state index contributed by atoms with van der Waals surface area (Å²) in [6, 6.07) is 0.738. The fraction of sp³-hybridized carbons (Fsp3) is 0.286. The average Bonchev–Trinajstić information content (AvgIpc) is 2.06. The van der Waals surface area contributed by atoms with Gasteiger partial charge in [0, 0.05) is 10.0 Å². The predicted octanol–water partition coefficient (Wildman–Crippen LogP) is 4.41. The zero-order valence-electron chi connectivity index (χ0n) is 6.75. The third-order valence-electron chi connectivity index (χ3n) is 1.47. The molecule has 0 saturated heterocycles. The minimum atomic E-state index is -4.87. The Morgan fingerprint density at radius 2 is 1.87 bits per heavy atom. The molecule has 0 aliphatic rings. The molecule has 0 atom stereocenters. The minimum absolute atomic E-state index is 0.00988. The Labute approximate surface area is 103 Å². The number of hydrogen-bond acceptors (Lipinski definition) is 1. The van der Waals surface area contributed by atoms with Gasteiger partial charge in [0.05, 0.1) is 0 Å². The number of nitrogens with zero attached hydrogens (tertiary/aromatic N) is 1. The third-order valence-corrected chi connectivity index (χ3v) is 3.63. The van der Waals surface area contributed by atoms with E-state index in [-0.39, 0.29) is 8.17 Å². The van der Waals surface area contributed by atoms with Gasteiger partial charge in [0.2, 0.25) is 0 Å². The van der Waals surface area contributed by atoms with Crippen molar-refractivity contribution in [2.45, 2.75) is 12.6 Å². The van der Waals surface area contributed by atoms with Crippen LogP contribution in [0.1, 0.15) is 17.7 Å². The van der Waals surface area contributed by atoms with Crippen LogP contribution < -0.4 is 0 Å². The van der Waals surface area contributed by atoms with Gasteiger partial charge >= 0.3 is 6.18 Å². The average molecular weight is 402 g/mol. The zero-order chi connectivity index (χ0) is 11.8. The smallest absolute Gasteiger partial charge is 0.236 e. The first kappa shape index (κ1) is 13.1. The Bertz CT molecular complexity index is 378. The second kappa shape index (κ2) is 4.48. The van der Waals surface area contributed by atoms with E-state index in [1.54, 1.807) is 0 Å². The molecule has 1 heterocycles. The highest BCUT2D eigenvalue weighted by atomic mass is 127. The molecular formula is C7H2BrF5IN. The third kappa shape index (κ3) is 2.99. The normalized spacial score (nSPS) is 12.3. The molecule has 0 aliphatic heterocycles. The molecule has 15 heavy (non-hydrogen) atoms. The number of alkyl halides is 5. The lowest BCUT2D eigenvalue weighted by Gasteiger charge is -2.12. The second-order valence-electron chi connectivity index (χ2n) is 2.50. The Balaban J connectivity index is 3.42. The lowest BCUT2D eigenvalue weighted by atomic mass is 10.2. The van der Waals surface area contributed by atoms with E-state index in [4.69, 9.17) is 0 Å². The van der Waals surface area contributed by atoms with Crippen molar-refractivity contribution in [1.29, 1.82) is 0 Å². The van der Waals surface area contributed by atoms with Gasteiger partial charge < -0.3 is 0 Å². The van der Waals surface area contributed by atoms with E-state index >= 15 is 0 Å². The van der Waals surface area contributed by atoms with E-state index in [0.717, 1.165) is 6.07 Å². The number of pyridine rings is 1. The van der Waals surface area contributed by atoms with Gasteiger partial charge in [-0.1, -0.05) is 0 Å². The van der Waals surface area contributed by atoms with Gasteiger partial charge in [-0.15, -0.1) is 0 Å². The molecule has 1 nitrogen and oxygen atoms in total. The second-order valence-corrected chi connectivity index (χ2v) is 4.37. The standard InChI is InChI=1S/C7H2BrF5IN/c8-3-1-2(5(9)10)4(7(11,12)13)15-6(3)14/h1,5H. The molecule has 1 rings (SSSR count). The van der Waals surface area contributed by atoms with E-state index in [9.17, 15) is 22.0 Å². The van der Waals surface area contributed by atoms with Crippen molar-refractivity contribution in [3.63, 3.8) is 0 Å². The van der Waals surface area contributed by atoms with E-state index in [1.165, 1.54) is 22.6 Å². The highest BCUT2D eigenvalue weighted by molar-refractivity contribution is 14.1. The first-order valence-electron chi connectivity index (χ1n) is 3.44. The van der Waals surface area contributed by atoms with Crippen molar-refractivity contribution < 1.29 is 22.0 Å². The molecule has 1 aromatic heterocycles. The monoisotopic (exact) mass is 401 g/mol.